The van der Waals surface area contributed by atoms with Gasteiger partial charge < -0.3 is 15.2 Å². The number of rotatable bonds is 4. The molecule has 1 aliphatic rings. The lowest BCUT2D eigenvalue weighted by atomic mass is 10.2. The molecule has 1 saturated heterocycles. The molecule has 1 aliphatic heterocycles. The van der Waals surface area contributed by atoms with Crippen molar-refractivity contribution in [2.24, 2.45) is 0 Å². The van der Waals surface area contributed by atoms with E-state index in [4.69, 9.17) is 4.74 Å². The molecule has 0 saturated carbocycles. The molecule has 0 bridgehead atoms. The lowest BCUT2D eigenvalue weighted by Gasteiger charge is -2.15. The number of carbonyl (C=O) groups is 1. The van der Waals surface area contributed by atoms with Crippen LogP contribution in [0.25, 0.3) is 0 Å². The van der Waals surface area contributed by atoms with Gasteiger partial charge in [-0.15, -0.1) is 0 Å². The third kappa shape index (κ3) is 3.27. The number of hydrogen-bond donors (Lipinski definition) is 2. The highest BCUT2D eigenvalue weighted by atomic mass is 16.5. The summed E-state index contributed by atoms with van der Waals surface area (Å²) < 4.78 is 5.21. The number of β-amino-alcohol motifs (C(OH)–C–C–N with tert-alkyl or cyclic N) is 1. The standard InChI is InChI=1S/C10H19NO3/c1-3-4-7(2)14-10(13)9-5-8(12)6-11-9/h7-9,11-12H,3-6H2,1-2H3/t7?,8-,9+/m1/s1. The predicted octanol–water partition coefficient (Wildman–Crippen LogP) is 0.441. The van der Waals surface area contributed by atoms with Crippen LogP contribution in [0.15, 0.2) is 0 Å². The van der Waals surface area contributed by atoms with Crippen LogP contribution in [-0.2, 0) is 9.53 Å². The Balaban J connectivity index is 2.27. The van der Waals surface area contributed by atoms with Crippen LogP contribution in [-0.4, -0.2) is 35.9 Å². The van der Waals surface area contributed by atoms with Crippen LogP contribution in [0.4, 0.5) is 0 Å². The zero-order valence-corrected chi connectivity index (χ0v) is 8.82. The zero-order chi connectivity index (χ0) is 10.6. The van der Waals surface area contributed by atoms with Crippen LogP contribution in [0.5, 0.6) is 0 Å². The van der Waals surface area contributed by atoms with Crippen LogP contribution in [0.1, 0.15) is 33.1 Å². The fourth-order valence-electron chi connectivity index (χ4n) is 1.64. The second-order valence-corrected chi connectivity index (χ2v) is 3.89. The fourth-order valence-corrected chi connectivity index (χ4v) is 1.64. The first kappa shape index (κ1) is 11.5. The van der Waals surface area contributed by atoms with Gasteiger partial charge in [0, 0.05) is 13.0 Å². The maximum absolute atomic E-state index is 11.5. The summed E-state index contributed by atoms with van der Waals surface area (Å²) in [7, 11) is 0. The molecule has 1 rings (SSSR count). The van der Waals surface area contributed by atoms with Gasteiger partial charge in [-0.05, 0) is 13.3 Å². The summed E-state index contributed by atoms with van der Waals surface area (Å²) in [6.45, 7) is 4.44. The fraction of sp³-hybridized carbons (Fsp3) is 0.900. The molecule has 14 heavy (non-hydrogen) atoms. The van der Waals surface area contributed by atoms with E-state index in [1.165, 1.54) is 0 Å². The van der Waals surface area contributed by atoms with Crippen molar-refractivity contribution >= 4 is 5.97 Å². The molecular formula is C10H19NO3. The lowest BCUT2D eigenvalue weighted by Crippen LogP contribution is -2.34. The average molecular weight is 201 g/mol. The molecule has 0 aromatic carbocycles. The third-order valence-electron chi connectivity index (χ3n) is 2.40. The Morgan fingerprint density at radius 1 is 1.71 bits per heavy atom. The van der Waals surface area contributed by atoms with Gasteiger partial charge in [0.2, 0.25) is 0 Å². The Morgan fingerprint density at radius 2 is 2.43 bits per heavy atom. The number of esters is 1. The summed E-state index contributed by atoms with van der Waals surface area (Å²) in [6, 6.07) is -0.315. The highest BCUT2D eigenvalue weighted by Crippen LogP contribution is 2.10. The molecule has 1 heterocycles. The topological polar surface area (TPSA) is 58.6 Å². The summed E-state index contributed by atoms with van der Waals surface area (Å²) in [6.07, 6.45) is 1.94. The Labute approximate surface area is 84.6 Å². The van der Waals surface area contributed by atoms with Crippen molar-refractivity contribution in [1.29, 1.82) is 0 Å². The van der Waals surface area contributed by atoms with E-state index in [9.17, 15) is 9.90 Å². The summed E-state index contributed by atoms with van der Waals surface area (Å²) in [5.41, 5.74) is 0. The molecule has 0 amide bonds. The smallest absolute Gasteiger partial charge is 0.323 e. The van der Waals surface area contributed by atoms with E-state index in [2.05, 4.69) is 12.2 Å². The summed E-state index contributed by atoms with van der Waals surface area (Å²) in [5.74, 6) is -0.234. The normalized spacial score (nSPS) is 28.8. The Hall–Kier alpha value is -0.610. The van der Waals surface area contributed by atoms with Crippen molar-refractivity contribution in [2.75, 3.05) is 6.54 Å². The highest BCUT2D eigenvalue weighted by Gasteiger charge is 2.29. The number of aliphatic hydroxyl groups is 1. The van der Waals surface area contributed by atoms with Gasteiger partial charge in [-0.2, -0.15) is 0 Å². The molecule has 0 aromatic rings. The molecule has 4 nitrogen and oxygen atoms in total. The first-order valence-electron chi connectivity index (χ1n) is 5.25. The number of hydrogen-bond acceptors (Lipinski definition) is 4. The molecule has 1 unspecified atom stereocenters. The lowest BCUT2D eigenvalue weighted by molar-refractivity contribution is -0.150. The van der Waals surface area contributed by atoms with E-state index in [1.807, 2.05) is 6.92 Å². The van der Waals surface area contributed by atoms with Crippen LogP contribution >= 0.6 is 0 Å². The molecule has 82 valence electrons. The van der Waals surface area contributed by atoms with Gasteiger partial charge >= 0.3 is 5.97 Å². The van der Waals surface area contributed by atoms with Gasteiger partial charge in [0.1, 0.15) is 6.04 Å². The summed E-state index contributed by atoms with van der Waals surface area (Å²) >= 11 is 0. The van der Waals surface area contributed by atoms with Crippen LogP contribution in [0, 0.1) is 0 Å². The molecule has 3 atom stereocenters. The Kier molecular flexibility index (Phi) is 4.35. The molecule has 0 spiro atoms. The van der Waals surface area contributed by atoms with Crippen molar-refractivity contribution in [1.82, 2.24) is 5.32 Å². The number of nitrogens with one attached hydrogen (secondary N) is 1. The van der Waals surface area contributed by atoms with Gasteiger partial charge in [0.25, 0.3) is 0 Å². The van der Waals surface area contributed by atoms with Crippen molar-refractivity contribution in [3.8, 4) is 0 Å². The Morgan fingerprint density at radius 3 is 2.93 bits per heavy atom. The Bertz CT molecular complexity index is 196. The minimum atomic E-state index is -0.408. The second-order valence-electron chi connectivity index (χ2n) is 3.89. The average Bonchev–Trinajstić information content (AvgIpc) is 2.52. The van der Waals surface area contributed by atoms with Crippen LogP contribution in [0.3, 0.4) is 0 Å². The van der Waals surface area contributed by atoms with Gasteiger partial charge in [-0.1, -0.05) is 13.3 Å². The predicted molar refractivity (Wildman–Crippen MR) is 52.9 cm³/mol. The molecule has 2 N–H and O–H groups in total. The van der Waals surface area contributed by atoms with Crippen molar-refractivity contribution in [3.63, 3.8) is 0 Å². The van der Waals surface area contributed by atoms with Gasteiger partial charge in [-0.3, -0.25) is 4.79 Å². The quantitative estimate of drug-likeness (QED) is 0.648. The molecule has 0 radical (unpaired) electrons. The molecule has 4 heteroatoms. The van der Waals surface area contributed by atoms with Gasteiger partial charge in [0.05, 0.1) is 12.2 Å². The van der Waals surface area contributed by atoms with Gasteiger partial charge in [0.15, 0.2) is 0 Å². The van der Waals surface area contributed by atoms with Crippen molar-refractivity contribution < 1.29 is 14.6 Å². The minimum Gasteiger partial charge on any atom is -0.462 e. The maximum atomic E-state index is 11.5. The molecular weight excluding hydrogens is 182 g/mol. The monoisotopic (exact) mass is 201 g/mol. The third-order valence-corrected chi connectivity index (χ3v) is 2.40. The van der Waals surface area contributed by atoms with E-state index in [0.717, 1.165) is 12.8 Å². The van der Waals surface area contributed by atoms with Crippen LogP contribution < -0.4 is 5.32 Å². The molecule has 1 fully saturated rings. The van der Waals surface area contributed by atoms with E-state index in [0.29, 0.717) is 13.0 Å². The first-order chi connectivity index (χ1) is 6.63. The van der Waals surface area contributed by atoms with E-state index in [-0.39, 0.29) is 18.1 Å². The maximum Gasteiger partial charge on any atom is 0.323 e. The molecule has 0 aromatic heterocycles. The molecule has 0 aliphatic carbocycles. The van der Waals surface area contributed by atoms with Gasteiger partial charge in [-0.25, -0.2) is 0 Å². The van der Waals surface area contributed by atoms with E-state index >= 15 is 0 Å². The van der Waals surface area contributed by atoms with E-state index < -0.39 is 6.10 Å². The number of carbonyl (C=O) groups excluding carboxylic acids is 1. The summed E-state index contributed by atoms with van der Waals surface area (Å²) in [5, 5.41) is 12.1. The first-order valence-corrected chi connectivity index (χ1v) is 5.25. The van der Waals surface area contributed by atoms with Crippen molar-refractivity contribution in [3.05, 3.63) is 0 Å². The zero-order valence-electron chi connectivity index (χ0n) is 8.82. The largest absolute Gasteiger partial charge is 0.462 e. The number of aliphatic hydroxyl groups excluding tert-OH is 1. The second kappa shape index (κ2) is 5.32. The number of ether oxygens (including phenoxy) is 1. The minimum absolute atomic E-state index is 0.0213. The SMILES string of the molecule is CCCC(C)OC(=O)[C@@H]1C[C@@H](O)CN1. The highest BCUT2D eigenvalue weighted by molar-refractivity contribution is 5.76. The van der Waals surface area contributed by atoms with Crippen LogP contribution in [0.2, 0.25) is 0 Å². The summed E-state index contributed by atoms with van der Waals surface area (Å²) in [4.78, 5) is 11.5. The van der Waals surface area contributed by atoms with Crippen molar-refractivity contribution in [2.45, 2.75) is 51.4 Å². The van der Waals surface area contributed by atoms with E-state index in [1.54, 1.807) is 0 Å².